The molecular formula is C54H51NO10S. The second-order valence-electron chi connectivity index (χ2n) is 16.8. The van der Waals surface area contributed by atoms with E-state index in [9.17, 15) is 9.59 Å². The van der Waals surface area contributed by atoms with Crippen LogP contribution in [0, 0.1) is 0 Å². The van der Waals surface area contributed by atoms with Gasteiger partial charge in [-0.15, -0.1) is 0 Å². The molecule has 4 heterocycles. The van der Waals surface area contributed by atoms with Gasteiger partial charge in [0.2, 0.25) is 0 Å². The molecule has 3 saturated heterocycles. The van der Waals surface area contributed by atoms with E-state index in [1.165, 1.54) is 16.7 Å². The minimum Gasteiger partial charge on any atom is -0.368 e. The van der Waals surface area contributed by atoms with E-state index in [0.29, 0.717) is 17.7 Å². The van der Waals surface area contributed by atoms with Crippen molar-refractivity contribution < 1.29 is 47.5 Å². The van der Waals surface area contributed by atoms with Crippen LogP contribution in [0.3, 0.4) is 0 Å². The molecule has 11 atom stereocenters. The lowest BCUT2D eigenvalue weighted by Crippen LogP contribution is -2.69. The van der Waals surface area contributed by atoms with E-state index in [1.54, 1.807) is 24.3 Å². The van der Waals surface area contributed by atoms with Crippen LogP contribution in [0.1, 0.15) is 56.2 Å². The standard InChI is InChI=1S/C54H51NO10S/c1-35-45(58-31-36-19-7-2-8-20-36)48(59-32-37-21-9-3-10-22-37)49(60-33-38-23-11-4-12-24-38)53(62-35)65-47-44(55-50(56)41-29-17-18-30-42(41)51(55)57)54(66-40-27-15-6-16-28-40)63-43-34-61-52(64-46(43)47)39-25-13-5-14-26-39/h2-30,35,43-49,52-54H,31-34H2,1H3/t35-,43+,44+,45+,46+,47+,48+,49-,52?,53-,54-/m0/s1. The Bertz CT molecular complexity index is 2490. The van der Waals surface area contributed by atoms with Crippen LogP contribution < -0.4 is 0 Å². The van der Waals surface area contributed by atoms with E-state index < -0.39 is 78.6 Å². The molecule has 11 nitrogen and oxygen atoms in total. The van der Waals surface area contributed by atoms with Crippen LogP contribution in [-0.2, 0) is 57.7 Å². The number of hydrogen-bond acceptors (Lipinski definition) is 11. The Labute approximate surface area is 388 Å². The summed E-state index contributed by atoms with van der Waals surface area (Å²) in [6.07, 6.45) is -7.25. The molecule has 0 saturated carbocycles. The van der Waals surface area contributed by atoms with Crippen molar-refractivity contribution in [1.29, 1.82) is 0 Å². The summed E-state index contributed by atoms with van der Waals surface area (Å²) in [6.45, 7) is 2.86. The summed E-state index contributed by atoms with van der Waals surface area (Å²) in [5, 5.41) is 0. The molecular weight excluding hydrogens is 855 g/mol. The van der Waals surface area contributed by atoms with E-state index in [1.807, 2.05) is 159 Å². The van der Waals surface area contributed by atoms with Gasteiger partial charge in [-0.3, -0.25) is 14.5 Å². The Kier molecular flexibility index (Phi) is 13.8. The minimum absolute atomic E-state index is 0.152. The van der Waals surface area contributed by atoms with Gasteiger partial charge in [-0.25, -0.2) is 0 Å². The summed E-state index contributed by atoms with van der Waals surface area (Å²) in [7, 11) is 0. The number of rotatable bonds is 15. The van der Waals surface area contributed by atoms with E-state index in [4.69, 9.17) is 37.9 Å². The third-order valence-corrected chi connectivity index (χ3v) is 13.5. The molecule has 12 heteroatoms. The number of imide groups is 1. The molecule has 0 radical (unpaired) electrons. The number of fused-ring (bicyclic) bond motifs is 2. The SMILES string of the molecule is C[C@@H]1O[C@@H](O[C@H]2[C@@H]3OC(c4ccccc4)OC[C@H]3O[C@@H](Sc3ccccc3)[C@@H]2N2C(=O)c3ccccc3C2=O)[C@@H](OCc2ccccc2)[C@H](OCc2ccccc2)[C@@H]1OCc1ccccc1. The lowest BCUT2D eigenvalue weighted by atomic mass is 9.94. The first-order chi connectivity index (χ1) is 32.5. The number of ether oxygens (including phenoxy) is 8. The molecule has 1 unspecified atom stereocenters. The lowest BCUT2D eigenvalue weighted by Gasteiger charge is -2.53. The monoisotopic (exact) mass is 905 g/mol. The highest BCUT2D eigenvalue weighted by Gasteiger charge is 2.59. The fraction of sp³-hybridized carbons (Fsp3) is 0.296. The summed E-state index contributed by atoms with van der Waals surface area (Å²) in [4.78, 5) is 31.6. The van der Waals surface area contributed by atoms with Gasteiger partial charge in [0, 0.05) is 10.5 Å². The minimum atomic E-state index is -1.12. The quantitative estimate of drug-likeness (QED) is 0.0921. The normalized spacial score (nSPS) is 28.4. The predicted molar refractivity (Wildman–Crippen MR) is 246 cm³/mol. The van der Waals surface area contributed by atoms with Gasteiger partial charge in [0.15, 0.2) is 12.6 Å². The summed E-state index contributed by atoms with van der Waals surface area (Å²) < 4.78 is 55.3. The largest absolute Gasteiger partial charge is 0.368 e. The molecule has 3 fully saturated rings. The fourth-order valence-corrected chi connectivity index (χ4v) is 10.3. The van der Waals surface area contributed by atoms with Gasteiger partial charge in [0.05, 0.1) is 43.7 Å². The number of carbonyl (C=O) groups is 2. The zero-order chi connectivity index (χ0) is 44.8. The summed E-state index contributed by atoms with van der Waals surface area (Å²) in [5.41, 5.74) is 3.49. The van der Waals surface area contributed by atoms with Gasteiger partial charge in [-0.1, -0.05) is 163 Å². The van der Waals surface area contributed by atoms with E-state index in [2.05, 4.69) is 0 Å². The molecule has 338 valence electrons. The molecule has 2 amide bonds. The van der Waals surface area contributed by atoms with Gasteiger partial charge >= 0.3 is 0 Å². The van der Waals surface area contributed by atoms with E-state index >= 15 is 0 Å². The zero-order valence-corrected chi connectivity index (χ0v) is 37.2. The number of amides is 2. The number of hydrogen-bond donors (Lipinski definition) is 0. The molecule has 66 heavy (non-hydrogen) atoms. The van der Waals surface area contributed by atoms with Gasteiger partial charge in [0.1, 0.15) is 48.1 Å². The van der Waals surface area contributed by atoms with E-state index in [0.717, 1.165) is 27.1 Å². The maximum atomic E-state index is 14.7. The van der Waals surface area contributed by atoms with Crippen LogP contribution >= 0.6 is 11.8 Å². The van der Waals surface area contributed by atoms with Crippen molar-refractivity contribution in [3.8, 4) is 0 Å². The Morgan fingerprint density at radius 2 is 1.03 bits per heavy atom. The second-order valence-corrected chi connectivity index (χ2v) is 17.9. The average molecular weight is 906 g/mol. The third kappa shape index (κ3) is 9.66. The summed E-state index contributed by atoms with van der Waals surface area (Å²) in [6, 6.07) is 55.1. The Hall–Kier alpha value is -5.51. The maximum absolute atomic E-state index is 14.7. The van der Waals surface area contributed by atoms with Crippen LogP contribution in [0.5, 0.6) is 0 Å². The van der Waals surface area contributed by atoms with Gasteiger partial charge in [-0.2, -0.15) is 0 Å². The third-order valence-electron chi connectivity index (χ3n) is 12.4. The molecule has 10 rings (SSSR count). The molecule has 6 aromatic rings. The predicted octanol–water partition coefficient (Wildman–Crippen LogP) is 9.17. The van der Waals surface area contributed by atoms with Crippen LogP contribution in [0.2, 0.25) is 0 Å². The fourth-order valence-electron chi connectivity index (χ4n) is 9.11. The number of carbonyl (C=O) groups excluding carboxylic acids is 2. The molecule has 0 aliphatic carbocycles. The first-order valence-corrected chi connectivity index (χ1v) is 23.3. The lowest BCUT2D eigenvalue weighted by molar-refractivity contribution is -0.365. The summed E-state index contributed by atoms with van der Waals surface area (Å²) >= 11 is 1.40. The Morgan fingerprint density at radius 3 is 1.59 bits per heavy atom. The van der Waals surface area contributed by atoms with Crippen molar-refractivity contribution in [2.45, 2.75) is 98.4 Å². The molecule has 4 aliphatic heterocycles. The molecule has 0 spiro atoms. The smallest absolute Gasteiger partial charge is 0.262 e. The zero-order valence-electron chi connectivity index (χ0n) is 36.4. The molecule has 0 bridgehead atoms. The van der Waals surface area contributed by atoms with E-state index in [-0.39, 0.29) is 19.8 Å². The van der Waals surface area contributed by atoms with Crippen molar-refractivity contribution >= 4 is 23.6 Å². The highest BCUT2D eigenvalue weighted by molar-refractivity contribution is 7.99. The van der Waals surface area contributed by atoms with Crippen molar-refractivity contribution in [3.63, 3.8) is 0 Å². The number of benzene rings is 6. The van der Waals surface area contributed by atoms with Gasteiger partial charge in [0.25, 0.3) is 11.8 Å². The average Bonchev–Trinajstić information content (AvgIpc) is 3.62. The van der Waals surface area contributed by atoms with Crippen LogP contribution in [-0.4, -0.2) is 83.8 Å². The van der Waals surface area contributed by atoms with Crippen molar-refractivity contribution in [2.24, 2.45) is 0 Å². The van der Waals surface area contributed by atoms with Crippen molar-refractivity contribution in [1.82, 2.24) is 4.90 Å². The highest BCUT2D eigenvalue weighted by Crippen LogP contribution is 2.45. The first kappa shape index (κ1) is 44.3. The molecule has 0 N–H and O–H groups in total. The first-order valence-electron chi connectivity index (χ1n) is 22.4. The Morgan fingerprint density at radius 1 is 0.545 bits per heavy atom. The van der Waals surface area contributed by atoms with Crippen LogP contribution in [0.15, 0.2) is 181 Å². The van der Waals surface area contributed by atoms with Crippen molar-refractivity contribution in [3.05, 3.63) is 209 Å². The van der Waals surface area contributed by atoms with Crippen molar-refractivity contribution in [2.75, 3.05) is 6.61 Å². The summed E-state index contributed by atoms with van der Waals surface area (Å²) in [5.74, 6) is -0.898. The Balaban J connectivity index is 1.06. The molecule has 0 aromatic heterocycles. The topological polar surface area (TPSA) is 111 Å². The van der Waals surface area contributed by atoms with Crippen LogP contribution in [0.4, 0.5) is 0 Å². The maximum Gasteiger partial charge on any atom is 0.262 e. The molecule has 6 aromatic carbocycles. The highest BCUT2D eigenvalue weighted by atomic mass is 32.2. The van der Waals surface area contributed by atoms with Crippen LogP contribution in [0.25, 0.3) is 0 Å². The number of thioether (sulfide) groups is 1. The second kappa shape index (κ2) is 20.6. The van der Waals surface area contributed by atoms with Gasteiger partial charge < -0.3 is 37.9 Å². The number of nitrogens with zero attached hydrogens (tertiary/aromatic N) is 1. The molecule has 4 aliphatic rings. The van der Waals surface area contributed by atoms with Gasteiger partial charge in [-0.05, 0) is 47.9 Å².